The average Bonchev–Trinajstić information content (AvgIpc) is 3.39. The smallest absolute Gasteiger partial charge is 0.223 e. The Bertz CT molecular complexity index is 820. The summed E-state index contributed by atoms with van der Waals surface area (Å²) in [5, 5.41) is 0. The van der Waals surface area contributed by atoms with Gasteiger partial charge in [0, 0.05) is 49.3 Å². The first-order valence-electron chi connectivity index (χ1n) is 10.4. The Morgan fingerprint density at radius 2 is 2.07 bits per heavy atom. The van der Waals surface area contributed by atoms with Gasteiger partial charge in [0.1, 0.15) is 5.75 Å². The molecule has 2 fully saturated rings. The zero-order valence-electron chi connectivity index (χ0n) is 17.0. The predicted octanol–water partition coefficient (Wildman–Crippen LogP) is 4.38. The Hall–Kier alpha value is -1.98. The van der Waals surface area contributed by atoms with Crippen molar-refractivity contribution in [2.75, 3.05) is 39.2 Å². The zero-order valence-corrected chi connectivity index (χ0v) is 17.8. The fourth-order valence-electron chi connectivity index (χ4n) is 4.27. The van der Waals surface area contributed by atoms with E-state index >= 15 is 0 Å². The third-order valence-corrected chi connectivity index (χ3v) is 6.89. The molecule has 29 heavy (non-hydrogen) atoms. The number of thioether (sulfide) groups is 1. The van der Waals surface area contributed by atoms with Gasteiger partial charge in [0.15, 0.2) is 0 Å². The highest BCUT2D eigenvalue weighted by Gasteiger charge is 2.31. The lowest BCUT2D eigenvalue weighted by Gasteiger charge is -2.18. The largest absolute Gasteiger partial charge is 0.496 e. The lowest BCUT2D eigenvalue weighted by Crippen LogP contribution is -2.27. The molecular formula is C24H29NO3S. The SMILES string of the molecule is COc1ccc([C@@H]2CC(=O)N(CCSc3ccccc3)C2)cc1CC1CCOC1. The summed E-state index contributed by atoms with van der Waals surface area (Å²) in [6, 6.07) is 16.8. The number of methoxy groups -OCH3 is 1. The molecule has 1 amide bonds. The van der Waals surface area contributed by atoms with Crippen LogP contribution in [0, 0.1) is 5.92 Å². The maximum Gasteiger partial charge on any atom is 0.223 e. The molecule has 4 rings (SSSR count). The Morgan fingerprint density at radius 1 is 1.21 bits per heavy atom. The standard InChI is InChI=1S/C24H29NO3S/c1-27-23-8-7-19(14-20(23)13-18-9-11-28-17-18)21-15-24(26)25(16-21)10-12-29-22-5-3-2-4-6-22/h2-8,14,18,21H,9-13,15-17H2,1H3/t18?,21-/m1/s1. The lowest BCUT2D eigenvalue weighted by molar-refractivity contribution is -0.127. The molecule has 0 aliphatic carbocycles. The van der Waals surface area contributed by atoms with Gasteiger partial charge in [-0.25, -0.2) is 0 Å². The Morgan fingerprint density at radius 3 is 2.83 bits per heavy atom. The molecule has 0 N–H and O–H groups in total. The van der Waals surface area contributed by atoms with E-state index in [1.165, 1.54) is 16.0 Å². The van der Waals surface area contributed by atoms with Crippen LogP contribution in [0.1, 0.15) is 29.9 Å². The van der Waals surface area contributed by atoms with E-state index in [0.29, 0.717) is 12.3 Å². The number of amides is 1. The van der Waals surface area contributed by atoms with E-state index in [4.69, 9.17) is 9.47 Å². The third kappa shape index (κ3) is 5.14. The van der Waals surface area contributed by atoms with Crippen LogP contribution in [-0.4, -0.2) is 50.0 Å². The number of rotatable bonds is 8. The molecule has 0 bridgehead atoms. The zero-order chi connectivity index (χ0) is 20.1. The van der Waals surface area contributed by atoms with E-state index in [1.807, 2.05) is 22.7 Å². The molecule has 4 nitrogen and oxygen atoms in total. The first-order valence-corrected chi connectivity index (χ1v) is 11.4. The lowest BCUT2D eigenvalue weighted by atomic mass is 9.92. The second kappa shape index (κ2) is 9.68. The summed E-state index contributed by atoms with van der Waals surface area (Å²) in [5.41, 5.74) is 2.50. The fourth-order valence-corrected chi connectivity index (χ4v) is 5.17. The first-order chi connectivity index (χ1) is 14.2. The van der Waals surface area contributed by atoms with E-state index in [0.717, 1.165) is 50.6 Å². The average molecular weight is 412 g/mol. The van der Waals surface area contributed by atoms with Gasteiger partial charge in [0.25, 0.3) is 0 Å². The number of likely N-dealkylation sites (tertiary alicyclic amines) is 1. The minimum Gasteiger partial charge on any atom is -0.496 e. The molecule has 0 radical (unpaired) electrons. The quantitative estimate of drug-likeness (QED) is 0.604. The number of nitrogens with zero attached hydrogens (tertiary/aromatic N) is 1. The van der Waals surface area contributed by atoms with Crippen LogP contribution in [0.4, 0.5) is 0 Å². The van der Waals surface area contributed by atoms with Crippen LogP contribution < -0.4 is 4.74 Å². The van der Waals surface area contributed by atoms with Crippen LogP contribution in [0.5, 0.6) is 5.75 Å². The van der Waals surface area contributed by atoms with Gasteiger partial charge >= 0.3 is 0 Å². The number of carbonyl (C=O) groups excluding carboxylic acids is 1. The van der Waals surface area contributed by atoms with Crippen molar-refractivity contribution in [1.29, 1.82) is 0 Å². The first kappa shape index (κ1) is 20.3. The maximum absolute atomic E-state index is 12.6. The molecule has 2 aliphatic heterocycles. The summed E-state index contributed by atoms with van der Waals surface area (Å²) in [6.45, 7) is 3.31. The second-order valence-electron chi connectivity index (χ2n) is 7.91. The van der Waals surface area contributed by atoms with Crippen LogP contribution in [0.3, 0.4) is 0 Å². The highest BCUT2D eigenvalue weighted by atomic mass is 32.2. The molecule has 154 valence electrons. The number of benzene rings is 2. The van der Waals surface area contributed by atoms with E-state index in [2.05, 4.69) is 42.5 Å². The summed E-state index contributed by atoms with van der Waals surface area (Å²) in [7, 11) is 1.73. The van der Waals surface area contributed by atoms with Crippen LogP contribution in [0.15, 0.2) is 53.4 Å². The van der Waals surface area contributed by atoms with Crippen LogP contribution >= 0.6 is 11.8 Å². The second-order valence-corrected chi connectivity index (χ2v) is 9.08. The highest BCUT2D eigenvalue weighted by Crippen LogP contribution is 2.33. The molecule has 0 aromatic heterocycles. The van der Waals surface area contributed by atoms with Crippen molar-refractivity contribution < 1.29 is 14.3 Å². The van der Waals surface area contributed by atoms with Gasteiger partial charge in [-0.1, -0.05) is 30.3 Å². The van der Waals surface area contributed by atoms with Gasteiger partial charge in [-0.2, -0.15) is 0 Å². The Kier molecular flexibility index (Phi) is 6.78. The van der Waals surface area contributed by atoms with Crippen molar-refractivity contribution in [3.63, 3.8) is 0 Å². The van der Waals surface area contributed by atoms with Gasteiger partial charge < -0.3 is 14.4 Å². The minimum absolute atomic E-state index is 0.269. The molecule has 0 saturated carbocycles. The fraction of sp³-hybridized carbons (Fsp3) is 0.458. The molecule has 2 aromatic rings. The van der Waals surface area contributed by atoms with Gasteiger partial charge in [-0.15, -0.1) is 11.8 Å². The van der Waals surface area contributed by atoms with Crippen molar-refractivity contribution in [2.45, 2.75) is 30.1 Å². The van der Waals surface area contributed by atoms with Crippen molar-refractivity contribution in [1.82, 2.24) is 4.90 Å². The Labute approximate surface area is 177 Å². The monoisotopic (exact) mass is 411 g/mol. The molecule has 1 unspecified atom stereocenters. The topological polar surface area (TPSA) is 38.8 Å². The summed E-state index contributed by atoms with van der Waals surface area (Å²) in [5.74, 6) is 2.98. The molecule has 5 heteroatoms. The van der Waals surface area contributed by atoms with Crippen LogP contribution in [0.25, 0.3) is 0 Å². The number of hydrogen-bond donors (Lipinski definition) is 0. The highest BCUT2D eigenvalue weighted by molar-refractivity contribution is 7.99. The van der Waals surface area contributed by atoms with Gasteiger partial charge in [0.05, 0.1) is 7.11 Å². The van der Waals surface area contributed by atoms with Crippen molar-refractivity contribution >= 4 is 17.7 Å². The summed E-state index contributed by atoms with van der Waals surface area (Å²) < 4.78 is 11.1. The van der Waals surface area contributed by atoms with E-state index in [1.54, 1.807) is 7.11 Å². The number of carbonyl (C=O) groups is 1. The van der Waals surface area contributed by atoms with Gasteiger partial charge in [-0.05, 0) is 48.1 Å². The molecule has 2 heterocycles. The summed E-state index contributed by atoms with van der Waals surface area (Å²) in [4.78, 5) is 15.8. The molecule has 0 spiro atoms. The minimum atomic E-state index is 0.269. The molecule has 2 aliphatic rings. The molecular weight excluding hydrogens is 382 g/mol. The van der Waals surface area contributed by atoms with Gasteiger partial charge in [0.2, 0.25) is 5.91 Å². The summed E-state index contributed by atoms with van der Waals surface area (Å²) in [6.07, 6.45) is 2.70. The summed E-state index contributed by atoms with van der Waals surface area (Å²) >= 11 is 1.81. The Balaban J connectivity index is 1.37. The van der Waals surface area contributed by atoms with E-state index in [-0.39, 0.29) is 11.8 Å². The predicted molar refractivity (Wildman–Crippen MR) is 117 cm³/mol. The molecule has 2 saturated heterocycles. The number of ether oxygens (including phenoxy) is 2. The van der Waals surface area contributed by atoms with Crippen molar-refractivity contribution in [3.8, 4) is 5.75 Å². The van der Waals surface area contributed by atoms with E-state index < -0.39 is 0 Å². The third-order valence-electron chi connectivity index (χ3n) is 5.90. The normalized spacial score (nSPS) is 21.7. The molecule has 2 aromatic carbocycles. The van der Waals surface area contributed by atoms with Crippen LogP contribution in [0.2, 0.25) is 0 Å². The van der Waals surface area contributed by atoms with Crippen molar-refractivity contribution in [3.05, 3.63) is 59.7 Å². The maximum atomic E-state index is 12.6. The number of hydrogen-bond acceptors (Lipinski definition) is 4. The molecule has 2 atom stereocenters. The van der Waals surface area contributed by atoms with Crippen LogP contribution in [-0.2, 0) is 16.0 Å². The van der Waals surface area contributed by atoms with E-state index in [9.17, 15) is 4.79 Å². The van der Waals surface area contributed by atoms with Gasteiger partial charge in [-0.3, -0.25) is 4.79 Å². The van der Waals surface area contributed by atoms with Crippen molar-refractivity contribution in [2.24, 2.45) is 5.92 Å².